The van der Waals surface area contributed by atoms with Gasteiger partial charge < -0.3 is 10.2 Å². The predicted octanol–water partition coefficient (Wildman–Crippen LogP) is 1.43. The Morgan fingerprint density at radius 1 is 1.35 bits per heavy atom. The second-order valence-electron chi connectivity index (χ2n) is 6.49. The predicted molar refractivity (Wildman–Crippen MR) is 92.1 cm³/mol. The van der Waals surface area contributed by atoms with Crippen LogP contribution in [-0.4, -0.2) is 50.4 Å². The van der Waals surface area contributed by atoms with E-state index in [4.69, 9.17) is 0 Å². The van der Waals surface area contributed by atoms with Crippen molar-refractivity contribution in [3.8, 4) is 0 Å². The average molecular weight is 338 g/mol. The molecule has 1 atom stereocenters. The fourth-order valence-corrected chi connectivity index (χ4v) is 4.66. The van der Waals surface area contributed by atoms with Gasteiger partial charge in [0.15, 0.2) is 9.84 Å². The Morgan fingerprint density at radius 2 is 2.09 bits per heavy atom. The van der Waals surface area contributed by atoms with Crippen LogP contribution in [0.25, 0.3) is 0 Å². The summed E-state index contributed by atoms with van der Waals surface area (Å²) in [7, 11) is -0.984. The quantitative estimate of drug-likeness (QED) is 0.852. The van der Waals surface area contributed by atoms with Crippen LogP contribution in [0.3, 0.4) is 0 Å². The Hall–Kier alpha value is -1.40. The van der Waals surface area contributed by atoms with Crippen molar-refractivity contribution in [1.82, 2.24) is 10.2 Å². The summed E-state index contributed by atoms with van der Waals surface area (Å²) in [6.07, 6.45) is 1.06. The lowest BCUT2D eigenvalue weighted by Gasteiger charge is -2.22. The average Bonchev–Trinajstić information content (AvgIpc) is 2.86. The van der Waals surface area contributed by atoms with Gasteiger partial charge in [0.2, 0.25) is 5.91 Å². The first-order chi connectivity index (χ1) is 10.8. The van der Waals surface area contributed by atoms with Crippen molar-refractivity contribution in [3.05, 3.63) is 34.9 Å². The summed E-state index contributed by atoms with van der Waals surface area (Å²) in [6.45, 7) is 5.19. The van der Waals surface area contributed by atoms with Crippen LogP contribution in [0, 0.1) is 13.8 Å². The number of aryl methyl sites for hydroxylation is 2. The Balaban J connectivity index is 1.76. The number of nitrogens with one attached hydrogen (secondary N) is 1. The summed E-state index contributed by atoms with van der Waals surface area (Å²) in [5, 5.41) is 2.95. The normalized spacial score (nSPS) is 19.9. The molecule has 1 heterocycles. The van der Waals surface area contributed by atoms with E-state index in [9.17, 15) is 13.2 Å². The summed E-state index contributed by atoms with van der Waals surface area (Å²) in [5.41, 5.74) is 3.49. The maximum atomic E-state index is 12.0. The largest absolute Gasteiger partial charge is 0.352 e. The van der Waals surface area contributed by atoms with Crippen molar-refractivity contribution in [2.45, 2.75) is 39.3 Å². The monoisotopic (exact) mass is 338 g/mol. The molecule has 5 nitrogen and oxygen atoms in total. The van der Waals surface area contributed by atoms with Crippen LogP contribution in [0.4, 0.5) is 0 Å². The fraction of sp³-hybridized carbons (Fsp3) is 0.588. The summed E-state index contributed by atoms with van der Waals surface area (Å²) in [6, 6.07) is 6.26. The molecule has 0 spiro atoms. The van der Waals surface area contributed by atoms with E-state index < -0.39 is 9.84 Å². The summed E-state index contributed by atoms with van der Waals surface area (Å²) < 4.78 is 23.0. The van der Waals surface area contributed by atoms with E-state index in [2.05, 4.69) is 23.5 Å². The minimum atomic E-state index is -2.88. The molecule has 1 N–H and O–H groups in total. The molecule has 1 unspecified atom stereocenters. The first-order valence-corrected chi connectivity index (χ1v) is 9.82. The molecule has 23 heavy (non-hydrogen) atoms. The standard InChI is InChI=1S/C17H26N2O3S/c1-13-4-5-14(2)15(10-13)11-18-17(20)6-8-19(3)16-7-9-23(21,22)12-16/h4-5,10,16H,6-9,11-12H2,1-3H3,(H,18,20). The maximum Gasteiger partial charge on any atom is 0.221 e. The van der Waals surface area contributed by atoms with Crippen molar-refractivity contribution >= 4 is 15.7 Å². The highest BCUT2D eigenvalue weighted by atomic mass is 32.2. The molecule has 1 aromatic carbocycles. The second kappa shape index (κ2) is 7.45. The molecule has 0 aliphatic carbocycles. The molecular weight excluding hydrogens is 312 g/mol. The van der Waals surface area contributed by atoms with Crippen LogP contribution in [0.1, 0.15) is 29.5 Å². The Labute approximate surface area is 139 Å². The number of benzene rings is 1. The van der Waals surface area contributed by atoms with E-state index >= 15 is 0 Å². The van der Waals surface area contributed by atoms with Crippen molar-refractivity contribution in [3.63, 3.8) is 0 Å². The van der Waals surface area contributed by atoms with Crippen molar-refractivity contribution < 1.29 is 13.2 Å². The van der Waals surface area contributed by atoms with Crippen LogP contribution in [0.15, 0.2) is 18.2 Å². The zero-order valence-corrected chi connectivity index (χ0v) is 14.9. The SMILES string of the molecule is Cc1ccc(C)c(CNC(=O)CCN(C)C2CCS(=O)(=O)C2)c1. The molecule has 128 valence electrons. The number of nitrogens with zero attached hydrogens (tertiary/aromatic N) is 1. The van der Waals surface area contributed by atoms with Gasteiger partial charge in [0, 0.05) is 25.6 Å². The number of carbonyl (C=O) groups is 1. The summed E-state index contributed by atoms with van der Waals surface area (Å²) in [4.78, 5) is 14.0. The Kier molecular flexibility index (Phi) is 5.81. The van der Waals surface area contributed by atoms with E-state index in [-0.39, 0.29) is 23.5 Å². The van der Waals surface area contributed by atoms with Crippen LogP contribution < -0.4 is 5.32 Å². The minimum absolute atomic E-state index is 0.00129. The molecule has 6 heteroatoms. The fourth-order valence-electron chi connectivity index (χ4n) is 2.86. The molecule has 0 bridgehead atoms. The van der Waals surface area contributed by atoms with Gasteiger partial charge in [-0.05, 0) is 38.4 Å². The van der Waals surface area contributed by atoms with Gasteiger partial charge in [0.05, 0.1) is 11.5 Å². The molecule has 0 radical (unpaired) electrons. The third-order valence-corrected chi connectivity index (χ3v) is 6.25. The molecule has 0 aromatic heterocycles. The van der Waals surface area contributed by atoms with Crippen LogP contribution >= 0.6 is 0 Å². The molecular formula is C17H26N2O3S. The van der Waals surface area contributed by atoms with Gasteiger partial charge in [-0.3, -0.25) is 4.79 Å². The molecule has 1 saturated heterocycles. The third kappa shape index (κ3) is 5.32. The highest BCUT2D eigenvalue weighted by molar-refractivity contribution is 7.91. The Bertz CT molecular complexity index is 670. The molecule has 1 aliphatic heterocycles. The first kappa shape index (κ1) is 17.9. The van der Waals surface area contributed by atoms with E-state index in [0.29, 0.717) is 25.9 Å². The van der Waals surface area contributed by atoms with E-state index in [1.807, 2.05) is 25.8 Å². The molecule has 1 aliphatic rings. The van der Waals surface area contributed by atoms with Crippen LogP contribution in [0.5, 0.6) is 0 Å². The van der Waals surface area contributed by atoms with Gasteiger partial charge in [-0.2, -0.15) is 0 Å². The highest BCUT2D eigenvalue weighted by Gasteiger charge is 2.30. The van der Waals surface area contributed by atoms with Gasteiger partial charge in [0.1, 0.15) is 0 Å². The first-order valence-electron chi connectivity index (χ1n) is 8.00. The second-order valence-corrected chi connectivity index (χ2v) is 8.72. The Morgan fingerprint density at radius 3 is 2.74 bits per heavy atom. The number of sulfone groups is 1. The minimum Gasteiger partial charge on any atom is -0.352 e. The highest BCUT2D eigenvalue weighted by Crippen LogP contribution is 2.16. The van der Waals surface area contributed by atoms with Crippen molar-refractivity contribution in [2.75, 3.05) is 25.1 Å². The summed E-state index contributed by atoms with van der Waals surface area (Å²) >= 11 is 0. The lowest BCUT2D eigenvalue weighted by Crippen LogP contribution is -2.36. The lowest BCUT2D eigenvalue weighted by molar-refractivity contribution is -0.121. The number of rotatable bonds is 6. The van der Waals surface area contributed by atoms with Gasteiger partial charge >= 0.3 is 0 Å². The van der Waals surface area contributed by atoms with E-state index in [1.54, 1.807) is 0 Å². The molecule has 2 rings (SSSR count). The zero-order valence-electron chi connectivity index (χ0n) is 14.1. The molecule has 1 amide bonds. The topological polar surface area (TPSA) is 66.5 Å². The van der Waals surface area contributed by atoms with Gasteiger partial charge in [0.25, 0.3) is 0 Å². The van der Waals surface area contributed by atoms with E-state index in [1.165, 1.54) is 11.1 Å². The van der Waals surface area contributed by atoms with Gasteiger partial charge in [-0.15, -0.1) is 0 Å². The van der Waals surface area contributed by atoms with Crippen molar-refractivity contribution in [1.29, 1.82) is 0 Å². The van der Waals surface area contributed by atoms with Gasteiger partial charge in [-0.25, -0.2) is 8.42 Å². The number of hydrogen-bond donors (Lipinski definition) is 1. The molecule has 1 fully saturated rings. The smallest absolute Gasteiger partial charge is 0.221 e. The van der Waals surface area contributed by atoms with E-state index in [0.717, 1.165) is 5.56 Å². The molecule has 0 saturated carbocycles. The lowest BCUT2D eigenvalue weighted by atomic mass is 10.1. The molecule has 1 aromatic rings. The van der Waals surface area contributed by atoms with Gasteiger partial charge in [-0.1, -0.05) is 23.8 Å². The summed E-state index contributed by atoms with van der Waals surface area (Å²) in [5.74, 6) is 0.479. The maximum absolute atomic E-state index is 12.0. The van der Waals surface area contributed by atoms with Crippen molar-refractivity contribution in [2.24, 2.45) is 0 Å². The number of hydrogen-bond acceptors (Lipinski definition) is 4. The van der Waals surface area contributed by atoms with Crippen LogP contribution in [0.2, 0.25) is 0 Å². The number of amides is 1. The zero-order chi connectivity index (χ0) is 17.0. The third-order valence-electron chi connectivity index (χ3n) is 4.50. The number of carbonyl (C=O) groups excluding carboxylic acids is 1. The van der Waals surface area contributed by atoms with Crippen LogP contribution in [-0.2, 0) is 21.2 Å².